The molecule has 0 aromatic carbocycles. The van der Waals surface area contributed by atoms with E-state index in [4.69, 9.17) is 0 Å². The van der Waals surface area contributed by atoms with Crippen molar-refractivity contribution in [3.8, 4) is 0 Å². The largest absolute Gasteiger partial charge is 0.380 e. The summed E-state index contributed by atoms with van der Waals surface area (Å²) in [6.45, 7) is 4.45. The molecule has 1 heterocycles. The average Bonchev–Trinajstić information content (AvgIpc) is 2.26. The molecule has 0 saturated heterocycles. The highest BCUT2D eigenvalue weighted by Gasteiger charge is 2.07. The Hall–Kier alpha value is -0.570. The third-order valence-corrected chi connectivity index (χ3v) is 3.15. The molecule has 1 rings (SSSR count). The quantitative estimate of drug-likeness (QED) is 0.783. The molecule has 0 saturated carbocycles. The molecule has 0 radical (unpaired) electrons. The molecular weight excluding hydrogens is 252 g/mol. The van der Waals surface area contributed by atoms with Crippen molar-refractivity contribution in [2.75, 3.05) is 5.32 Å². The van der Waals surface area contributed by atoms with E-state index in [-0.39, 0.29) is 0 Å². The van der Waals surface area contributed by atoms with Crippen LogP contribution in [0.3, 0.4) is 0 Å². The molecule has 0 spiro atoms. The van der Waals surface area contributed by atoms with E-state index >= 15 is 0 Å². The van der Waals surface area contributed by atoms with Gasteiger partial charge in [-0.3, -0.25) is 0 Å². The smallest absolute Gasteiger partial charge is 0.129 e. The van der Waals surface area contributed by atoms with Crippen LogP contribution in [0.2, 0.25) is 0 Å². The first-order valence-electron chi connectivity index (χ1n) is 5.65. The molecule has 0 amide bonds. The highest BCUT2D eigenvalue weighted by Crippen LogP contribution is 2.21. The van der Waals surface area contributed by atoms with Crippen molar-refractivity contribution in [1.82, 2.24) is 4.98 Å². The molecular formula is C12H19BrN2. The minimum Gasteiger partial charge on any atom is -0.380 e. The van der Waals surface area contributed by atoms with Gasteiger partial charge in [-0.25, -0.2) is 4.98 Å². The van der Waals surface area contributed by atoms with Crippen molar-refractivity contribution < 1.29 is 0 Å². The third kappa shape index (κ3) is 4.20. The zero-order valence-corrected chi connectivity index (χ0v) is 11.0. The maximum atomic E-state index is 4.20. The molecule has 84 valence electrons. The summed E-state index contributed by atoms with van der Waals surface area (Å²) in [5, 5.41) is 3.52. The summed E-state index contributed by atoms with van der Waals surface area (Å²) in [5.41, 5.74) is 1.10. The molecule has 0 aliphatic rings. The Kier molecular flexibility index (Phi) is 5.69. The van der Waals surface area contributed by atoms with E-state index in [9.17, 15) is 0 Å². The Morgan fingerprint density at radius 2 is 2.27 bits per heavy atom. The summed E-state index contributed by atoms with van der Waals surface area (Å²) in [5.74, 6) is 0. The van der Waals surface area contributed by atoms with Crippen LogP contribution in [0.1, 0.15) is 39.5 Å². The van der Waals surface area contributed by atoms with Gasteiger partial charge in [0.2, 0.25) is 0 Å². The van der Waals surface area contributed by atoms with Crippen LogP contribution in [0.5, 0.6) is 0 Å². The SMILES string of the molecule is CCCCC(CC)Nc1cccnc1Br. The topological polar surface area (TPSA) is 24.9 Å². The summed E-state index contributed by atoms with van der Waals surface area (Å²) in [4.78, 5) is 4.20. The fourth-order valence-corrected chi connectivity index (χ4v) is 1.91. The first kappa shape index (κ1) is 12.5. The first-order valence-corrected chi connectivity index (χ1v) is 6.44. The van der Waals surface area contributed by atoms with Crippen LogP contribution < -0.4 is 5.32 Å². The van der Waals surface area contributed by atoms with Crippen LogP contribution in [0.25, 0.3) is 0 Å². The molecule has 0 bridgehead atoms. The van der Waals surface area contributed by atoms with Gasteiger partial charge in [0.15, 0.2) is 0 Å². The van der Waals surface area contributed by atoms with Crippen molar-refractivity contribution >= 4 is 21.6 Å². The Balaban J connectivity index is 2.54. The van der Waals surface area contributed by atoms with E-state index in [0.717, 1.165) is 16.7 Å². The van der Waals surface area contributed by atoms with E-state index in [2.05, 4.69) is 46.1 Å². The zero-order valence-electron chi connectivity index (χ0n) is 9.46. The Labute approximate surface area is 101 Å². The number of aromatic nitrogens is 1. The maximum Gasteiger partial charge on any atom is 0.129 e. The van der Waals surface area contributed by atoms with Gasteiger partial charge in [0.05, 0.1) is 5.69 Å². The monoisotopic (exact) mass is 270 g/mol. The Morgan fingerprint density at radius 3 is 2.87 bits per heavy atom. The zero-order chi connectivity index (χ0) is 11.1. The molecule has 0 aliphatic heterocycles. The fraction of sp³-hybridized carbons (Fsp3) is 0.583. The normalized spacial score (nSPS) is 12.5. The summed E-state index contributed by atoms with van der Waals surface area (Å²) in [6, 6.07) is 4.58. The van der Waals surface area contributed by atoms with Gasteiger partial charge in [-0.1, -0.05) is 26.7 Å². The van der Waals surface area contributed by atoms with Crippen LogP contribution in [0.15, 0.2) is 22.9 Å². The summed E-state index contributed by atoms with van der Waals surface area (Å²) in [7, 11) is 0. The van der Waals surface area contributed by atoms with Crippen LogP contribution in [0.4, 0.5) is 5.69 Å². The minimum atomic E-state index is 0.561. The standard InChI is InChI=1S/C12H19BrN2/c1-3-5-7-10(4-2)15-11-8-6-9-14-12(11)13/h6,8-10,15H,3-5,7H2,1-2H3. The first-order chi connectivity index (χ1) is 7.27. The predicted molar refractivity (Wildman–Crippen MR) is 69.2 cm³/mol. The van der Waals surface area contributed by atoms with Crippen molar-refractivity contribution in [3.05, 3.63) is 22.9 Å². The molecule has 1 aromatic rings. The van der Waals surface area contributed by atoms with Crippen LogP contribution in [-0.2, 0) is 0 Å². The van der Waals surface area contributed by atoms with E-state index in [1.54, 1.807) is 6.20 Å². The second-order valence-electron chi connectivity index (χ2n) is 3.73. The lowest BCUT2D eigenvalue weighted by molar-refractivity contribution is 0.593. The van der Waals surface area contributed by atoms with Crippen molar-refractivity contribution in [1.29, 1.82) is 0 Å². The lowest BCUT2D eigenvalue weighted by Crippen LogP contribution is -2.18. The predicted octanol–water partition coefficient (Wildman–Crippen LogP) is 4.22. The number of halogens is 1. The maximum absolute atomic E-state index is 4.20. The number of unbranched alkanes of at least 4 members (excludes halogenated alkanes) is 1. The Bertz CT molecular complexity index is 289. The number of pyridine rings is 1. The van der Waals surface area contributed by atoms with Gasteiger partial charge in [-0.15, -0.1) is 0 Å². The van der Waals surface area contributed by atoms with Gasteiger partial charge in [0.1, 0.15) is 4.60 Å². The third-order valence-electron chi connectivity index (χ3n) is 2.52. The van der Waals surface area contributed by atoms with Gasteiger partial charge in [0, 0.05) is 12.2 Å². The molecule has 0 fully saturated rings. The van der Waals surface area contributed by atoms with Gasteiger partial charge in [0.25, 0.3) is 0 Å². The summed E-state index contributed by atoms with van der Waals surface area (Å²) in [6.07, 6.45) is 6.72. The number of rotatable bonds is 6. The molecule has 2 nitrogen and oxygen atoms in total. The number of hydrogen-bond acceptors (Lipinski definition) is 2. The van der Waals surface area contributed by atoms with E-state index in [0.29, 0.717) is 6.04 Å². The van der Waals surface area contributed by atoms with Crippen molar-refractivity contribution in [2.45, 2.75) is 45.6 Å². The van der Waals surface area contributed by atoms with Crippen LogP contribution in [-0.4, -0.2) is 11.0 Å². The second-order valence-corrected chi connectivity index (χ2v) is 4.48. The van der Waals surface area contributed by atoms with Crippen molar-refractivity contribution in [3.63, 3.8) is 0 Å². The van der Waals surface area contributed by atoms with Crippen LogP contribution >= 0.6 is 15.9 Å². The van der Waals surface area contributed by atoms with Crippen molar-refractivity contribution in [2.24, 2.45) is 0 Å². The molecule has 1 N–H and O–H groups in total. The second kappa shape index (κ2) is 6.83. The molecule has 1 atom stereocenters. The number of nitrogens with one attached hydrogen (secondary N) is 1. The van der Waals surface area contributed by atoms with Gasteiger partial charge < -0.3 is 5.32 Å². The molecule has 1 aromatic heterocycles. The average molecular weight is 271 g/mol. The number of hydrogen-bond donors (Lipinski definition) is 1. The fourth-order valence-electron chi connectivity index (χ4n) is 1.54. The van der Waals surface area contributed by atoms with Gasteiger partial charge >= 0.3 is 0 Å². The summed E-state index contributed by atoms with van der Waals surface area (Å²) >= 11 is 3.45. The van der Waals surface area contributed by atoms with Crippen LogP contribution in [0, 0.1) is 0 Å². The number of nitrogens with zero attached hydrogens (tertiary/aromatic N) is 1. The molecule has 15 heavy (non-hydrogen) atoms. The van der Waals surface area contributed by atoms with Gasteiger partial charge in [-0.2, -0.15) is 0 Å². The summed E-state index contributed by atoms with van der Waals surface area (Å²) < 4.78 is 0.903. The highest BCUT2D eigenvalue weighted by molar-refractivity contribution is 9.10. The molecule has 1 unspecified atom stereocenters. The molecule has 3 heteroatoms. The molecule has 0 aliphatic carbocycles. The van der Waals surface area contributed by atoms with Gasteiger partial charge in [-0.05, 0) is 40.9 Å². The van der Waals surface area contributed by atoms with E-state index in [1.807, 2.05) is 6.07 Å². The van der Waals surface area contributed by atoms with E-state index in [1.165, 1.54) is 19.3 Å². The lowest BCUT2D eigenvalue weighted by Gasteiger charge is -2.18. The van der Waals surface area contributed by atoms with E-state index < -0.39 is 0 Å². The Morgan fingerprint density at radius 1 is 1.47 bits per heavy atom. The highest BCUT2D eigenvalue weighted by atomic mass is 79.9. The minimum absolute atomic E-state index is 0.561. The lowest BCUT2D eigenvalue weighted by atomic mass is 10.1. The number of anilines is 1.